The molecule has 3 N–H and O–H groups in total. The van der Waals surface area contributed by atoms with Crippen molar-refractivity contribution in [2.45, 2.75) is 6.04 Å². The van der Waals surface area contributed by atoms with E-state index in [0.29, 0.717) is 6.54 Å². The van der Waals surface area contributed by atoms with Crippen LogP contribution in [0.25, 0.3) is 0 Å². The topological polar surface area (TPSA) is 87.7 Å². The fraction of sp³-hybridized carbons (Fsp3) is 0.750. The number of amides is 2. The van der Waals surface area contributed by atoms with Crippen LogP contribution in [0.4, 0.5) is 4.79 Å². The van der Waals surface area contributed by atoms with E-state index in [1.807, 2.05) is 6.26 Å². The van der Waals surface area contributed by atoms with Crippen LogP contribution in [0.5, 0.6) is 0 Å². The number of urea groups is 1. The SMILES string of the molecule is COCC(NC(=O)NCCSC)C(=O)O. The van der Waals surface area contributed by atoms with Gasteiger partial charge in [-0.1, -0.05) is 0 Å². The van der Waals surface area contributed by atoms with Crippen molar-refractivity contribution in [1.82, 2.24) is 10.6 Å². The summed E-state index contributed by atoms with van der Waals surface area (Å²) in [7, 11) is 1.38. The predicted molar refractivity (Wildman–Crippen MR) is 58.2 cm³/mol. The summed E-state index contributed by atoms with van der Waals surface area (Å²) in [6, 6.07) is -1.50. The van der Waals surface area contributed by atoms with E-state index in [1.54, 1.807) is 11.8 Å². The Balaban J connectivity index is 3.84. The summed E-state index contributed by atoms with van der Waals surface area (Å²) >= 11 is 1.60. The molecule has 0 saturated carbocycles. The molecule has 0 spiro atoms. The number of carboxylic acids is 1. The number of hydrogen-bond donors (Lipinski definition) is 3. The van der Waals surface area contributed by atoms with Gasteiger partial charge in [0.1, 0.15) is 0 Å². The average Bonchev–Trinajstić information content (AvgIpc) is 2.17. The third-order valence-electron chi connectivity index (χ3n) is 1.53. The van der Waals surface area contributed by atoms with Crippen molar-refractivity contribution in [3.63, 3.8) is 0 Å². The summed E-state index contributed by atoms with van der Waals surface area (Å²) in [5, 5.41) is 13.5. The number of ether oxygens (including phenoxy) is 1. The first-order valence-electron chi connectivity index (χ1n) is 4.36. The molecule has 1 atom stereocenters. The molecule has 0 aromatic heterocycles. The Bertz CT molecular complexity index is 213. The zero-order valence-electron chi connectivity index (χ0n) is 8.78. The summed E-state index contributed by atoms with van der Waals surface area (Å²) in [6.07, 6.45) is 1.92. The lowest BCUT2D eigenvalue weighted by molar-refractivity contribution is -0.140. The van der Waals surface area contributed by atoms with E-state index in [9.17, 15) is 9.59 Å². The van der Waals surface area contributed by atoms with Gasteiger partial charge in [-0.3, -0.25) is 0 Å². The fourth-order valence-corrected chi connectivity index (χ4v) is 1.12. The molecule has 0 saturated heterocycles. The maximum Gasteiger partial charge on any atom is 0.328 e. The first-order chi connectivity index (χ1) is 7.11. The van der Waals surface area contributed by atoms with Crippen molar-refractivity contribution in [3.8, 4) is 0 Å². The molecule has 2 amide bonds. The minimum Gasteiger partial charge on any atom is -0.480 e. The van der Waals surface area contributed by atoms with E-state index in [-0.39, 0.29) is 6.61 Å². The largest absolute Gasteiger partial charge is 0.480 e. The van der Waals surface area contributed by atoms with E-state index in [2.05, 4.69) is 15.4 Å². The van der Waals surface area contributed by atoms with E-state index in [0.717, 1.165) is 5.75 Å². The van der Waals surface area contributed by atoms with Crippen molar-refractivity contribution in [2.24, 2.45) is 0 Å². The van der Waals surface area contributed by atoms with Gasteiger partial charge in [0.2, 0.25) is 0 Å². The van der Waals surface area contributed by atoms with Crippen LogP contribution >= 0.6 is 11.8 Å². The maximum atomic E-state index is 11.2. The molecule has 7 heteroatoms. The van der Waals surface area contributed by atoms with Gasteiger partial charge >= 0.3 is 12.0 Å². The quantitative estimate of drug-likeness (QED) is 0.530. The van der Waals surface area contributed by atoms with Crippen molar-refractivity contribution in [2.75, 3.05) is 32.3 Å². The standard InChI is InChI=1S/C8H16N2O4S/c1-14-5-6(7(11)12)10-8(13)9-3-4-15-2/h6H,3-5H2,1-2H3,(H,11,12)(H2,9,10,13). The van der Waals surface area contributed by atoms with E-state index in [1.165, 1.54) is 7.11 Å². The average molecular weight is 236 g/mol. The lowest BCUT2D eigenvalue weighted by Crippen LogP contribution is -2.48. The van der Waals surface area contributed by atoms with Gasteiger partial charge in [-0.2, -0.15) is 11.8 Å². The van der Waals surface area contributed by atoms with E-state index < -0.39 is 18.0 Å². The molecule has 88 valence electrons. The zero-order chi connectivity index (χ0) is 11.7. The molecular weight excluding hydrogens is 220 g/mol. The molecule has 0 fully saturated rings. The Morgan fingerprint density at radius 1 is 1.53 bits per heavy atom. The number of methoxy groups -OCH3 is 1. The molecular formula is C8H16N2O4S. The summed E-state index contributed by atoms with van der Waals surface area (Å²) in [4.78, 5) is 21.8. The molecule has 0 aliphatic heterocycles. The Morgan fingerprint density at radius 2 is 2.20 bits per heavy atom. The van der Waals surface area contributed by atoms with Crippen LogP contribution < -0.4 is 10.6 Å². The minimum absolute atomic E-state index is 0.0503. The molecule has 15 heavy (non-hydrogen) atoms. The maximum absolute atomic E-state index is 11.2. The van der Waals surface area contributed by atoms with Crippen LogP contribution in [0.3, 0.4) is 0 Å². The molecule has 1 unspecified atom stereocenters. The Morgan fingerprint density at radius 3 is 2.67 bits per heavy atom. The second kappa shape index (κ2) is 8.37. The lowest BCUT2D eigenvalue weighted by atomic mass is 10.3. The Hall–Kier alpha value is -0.950. The van der Waals surface area contributed by atoms with Crippen molar-refractivity contribution >= 4 is 23.8 Å². The smallest absolute Gasteiger partial charge is 0.328 e. The third kappa shape index (κ3) is 7.03. The van der Waals surface area contributed by atoms with Crippen LogP contribution in [0, 0.1) is 0 Å². The van der Waals surface area contributed by atoms with Gasteiger partial charge in [0.25, 0.3) is 0 Å². The van der Waals surface area contributed by atoms with E-state index in [4.69, 9.17) is 5.11 Å². The monoisotopic (exact) mass is 236 g/mol. The van der Waals surface area contributed by atoms with E-state index >= 15 is 0 Å². The van der Waals surface area contributed by atoms with Crippen LogP contribution in [0.1, 0.15) is 0 Å². The summed E-state index contributed by atoms with van der Waals surface area (Å²) in [5.74, 6) is -0.327. The molecule has 0 bridgehead atoms. The fourth-order valence-electron chi connectivity index (χ4n) is 0.817. The van der Waals surface area contributed by atoms with Gasteiger partial charge in [0.15, 0.2) is 6.04 Å². The lowest BCUT2D eigenvalue weighted by Gasteiger charge is -2.13. The van der Waals surface area contributed by atoms with Crippen molar-refractivity contribution in [3.05, 3.63) is 0 Å². The molecule has 0 aliphatic rings. The highest BCUT2D eigenvalue weighted by molar-refractivity contribution is 7.98. The zero-order valence-corrected chi connectivity index (χ0v) is 9.60. The first-order valence-corrected chi connectivity index (χ1v) is 5.76. The number of hydrogen-bond acceptors (Lipinski definition) is 4. The third-order valence-corrected chi connectivity index (χ3v) is 2.14. The molecule has 0 radical (unpaired) electrons. The molecule has 0 rings (SSSR count). The number of carbonyl (C=O) groups is 2. The van der Waals surface area contributed by atoms with Crippen LogP contribution in [0.15, 0.2) is 0 Å². The second-order valence-electron chi connectivity index (χ2n) is 2.74. The van der Waals surface area contributed by atoms with Crippen molar-refractivity contribution < 1.29 is 19.4 Å². The number of thioether (sulfide) groups is 1. The van der Waals surface area contributed by atoms with Gasteiger partial charge in [-0.25, -0.2) is 9.59 Å². The Kier molecular flexibility index (Phi) is 7.84. The highest BCUT2D eigenvalue weighted by Crippen LogP contribution is 1.88. The second-order valence-corrected chi connectivity index (χ2v) is 3.72. The summed E-state index contributed by atoms with van der Waals surface area (Å²) in [5.41, 5.74) is 0. The number of carbonyl (C=O) groups excluding carboxylic acids is 1. The van der Waals surface area contributed by atoms with Gasteiger partial charge < -0.3 is 20.5 Å². The van der Waals surface area contributed by atoms with Gasteiger partial charge in [-0.05, 0) is 6.26 Å². The van der Waals surface area contributed by atoms with Crippen LogP contribution in [0.2, 0.25) is 0 Å². The van der Waals surface area contributed by atoms with Gasteiger partial charge in [0, 0.05) is 19.4 Å². The number of aliphatic carboxylic acids is 1. The van der Waals surface area contributed by atoms with Crippen LogP contribution in [-0.2, 0) is 9.53 Å². The number of nitrogens with one attached hydrogen (secondary N) is 2. The van der Waals surface area contributed by atoms with Crippen molar-refractivity contribution in [1.29, 1.82) is 0 Å². The highest BCUT2D eigenvalue weighted by atomic mass is 32.2. The number of rotatable bonds is 7. The normalized spacial score (nSPS) is 11.9. The summed E-state index contributed by atoms with van der Waals surface area (Å²) in [6.45, 7) is 0.456. The first kappa shape index (κ1) is 14.1. The van der Waals surface area contributed by atoms with Gasteiger partial charge in [-0.15, -0.1) is 0 Å². The summed E-state index contributed by atoms with van der Waals surface area (Å²) < 4.78 is 4.66. The molecule has 0 aromatic rings. The predicted octanol–water partition coefficient (Wildman–Crippen LogP) is -0.252. The highest BCUT2D eigenvalue weighted by Gasteiger charge is 2.18. The molecule has 0 aromatic carbocycles. The minimum atomic E-state index is -1.11. The van der Waals surface area contributed by atoms with Gasteiger partial charge in [0.05, 0.1) is 6.61 Å². The molecule has 0 heterocycles. The number of carboxylic acid groups (broad SMARTS) is 1. The molecule has 6 nitrogen and oxygen atoms in total. The van der Waals surface area contributed by atoms with Crippen LogP contribution in [-0.4, -0.2) is 55.4 Å². The molecule has 0 aliphatic carbocycles. The Labute approximate surface area is 92.7 Å².